The summed E-state index contributed by atoms with van der Waals surface area (Å²) in [4.78, 5) is 27.9. The van der Waals surface area contributed by atoms with Gasteiger partial charge in [-0.15, -0.1) is 0 Å². The number of imide groups is 1. The van der Waals surface area contributed by atoms with Gasteiger partial charge in [0.1, 0.15) is 0 Å². The number of hydrogen-bond acceptors (Lipinski definition) is 2. The van der Waals surface area contributed by atoms with Crippen LogP contribution in [0.1, 0.15) is 46.5 Å². The summed E-state index contributed by atoms with van der Waals surface area (Å²) < 4.78 is 0. The van der Waals surface area contributed by atoms with E-state index in [1.54, 1.807) is 4.90 Å². The summed E-state index contributed by atoms with van der Waals surface area (Å²) in [6, 6.07) is 0.145. The van der Waals surface area contributed by atoms with E-state index >= 15 is 0 Å². The van der Waals surface area contributed by atoms with E-state index < -0.39 is 0 Å². The minimum absolute atomic E-state index is 0.0339. The van der Waals surface area contributed by atoms with E-state index in [4.69, 9.17) is 0 Å². The fraction of sp³-hybridized carbons (Fsp3) is 0.789. The highest BCUT2D eigenvalue weighted by molar-refractivity contribution is 6.06. The normalized spacial score (nSPS) is 53.9. The number of nitrogens with zero attached hydrogens (tertiary/aromatic N) is 1. The van der Waals surface area contributed by atoms with Crippen molar-refractivity contribution >= 4 is 11.8 Å². The number of allylic oxidation sites excluding steroid dienone is 2. The number of carbonyl (C=O) groups is 2. The highest BCUT2D eigenvalue weighted by Gasteiger charge is 2.68. The molecule has 4 bridgehead atoms. The number of likely N-dealkylation sites (tertiary alicyclic amines) is 1. The molecule has 4 aliphatic carbocycles. The van der Waals surface area contributed by atoms with E-state index in [9.17, 15) is 9.59 Å². The van der Waals surface area contributed by atoms with Crippen molar-refractivity contribution in [3.8, 4) is 0 Å². The summed E-state index contributed by atoms with van der Waals surface area (Å²) in [7, 11) is 0. The Morgan fingerprint density at radius 2 is 1.59 bits per heavy atom. The van der Waals surface area contributed by atoms with Crippen molar-refractivity contribution in [3.63, 3.8) is 0 Å². The standard InChI is InChI=1S/C19H25NO2/c1-18(2)12-6-7-19(18,3)13(9-12)20-16(21)14-10-4-5-11(8-10)15(14)17(20)22/h4-5,10-15H,6-9H2,1-3H3/t10?,11?,12-,13+,14?,15?,19?/m1/s1. The molecule has 0 aromatic heterocycles. The van der Waals surface area contributed by atoms with Gasteiger partial charge in [-0.2, -0.15) is 0 Å². The molecule has 22 heavy (non-hydrogen) atoms. The van der Waals surface area contributed by atoms with Crippen LogP contribution in [0.2, 0.25) is 0 Å². The van der Waals surface area contributed by atoms with Crippen LogP contribution in [0.3, 0.4) is 0 Å². The molecule has 0 N–H and O–H groups in total. The SMILES string of the molecule is CC1(C)[C@@H]2CCC1(C)[C@@H](N1C(=O)C3C4C=CC(C4)C3C1=O)C2. The van der Waals surface area contributed by atoms with Gasteiger partial charge in [0.2, 0.25) is 11.8 Å². The van der Waals surface area contributed by atoms with Crippen molar-refractivity contribution in [1.29, 1.82) is 0 Å². The van der Waals surface area contributed by atoms with E-state index in [-0.39, 0.29) is 40.5 Å². The van der Waals surface area contributed by atoms with E-state index in [2.05, 4.69) is 32.9 Å². The first-order valence-corrected chi connectivity index (χ1v) is 8.91. The summed E-state index contributed by atoms with van der Waals surface area (Å²) in [5.41, 5.74) is 0.348. The highest BCUT2D eigenvalue weighted by Crippen LogP contribution is 2.67. The van der Waals surface area contributed by atoms with Crippen LogP contribution in [0.25, 0.3) is 0 Å². The molecule has 0 spiro atoms. The molecule has 118 valence electrons. The third-order valence-electron chi connectivity index (χ3n) is 8.56. The smallest absolute Gasteiger partial charge is 0.233 e. The largest absolute Gasteiger partial charge is 0.278 e. The quantitative estimate of drug-likeness (QED) is 0.551. The summed E-state index contributed by atoms with van der Waals surface area (Å²) in [5, 5.41) is 0. The van der Waals surface area contributed by atoms with E-state index in [0.29, 0.717) is 17.8 Å². The molecule has 5 aliphatic rings. The third kappa shape index (κ3) is 1.20. The van der Waals surface area contributed by atoms with Crippen LogP contribution in [0.15, 0.2) is 12.2 Å². The number of amides is 2. The van der Waals surface area contributed by atoms with Crippen LogP contribution in [0, 0.1) is 40.4 Å². The molecule has 1 heterocycles. The van der Waals surface area contributed by atoms with Gasteiger partial charge >= 0.3 is 0 Å². The zero-order chi connectivity index (χ0) is 15.4. The van der Waals surface area contributed by atoms with Gasteiger partial charge in [0.15, 0.2) is 0 Å². The van der Waals surface area contributed by atoms with Crippen molar-refractivity contribution in [2.75, 3.05) is 0 Å². The lowest BCUT2D eigenvalue weighted by atomic mass is 9.69. The topological polar surface area (TPSA) is 37.4 Å². The molecular formula is C19H25NO2. The number of carbonyl (C=O) groups excluding carboxylic acids is 2. The van der Waals surface area contributed by atoms with Crippen molar-refractivity contribution < 1.29 is 9.59 Å². The molecule has 0 aromatic carbocycles. The zero-order valence-corrected chi connectivity index (χ0v) is 13.7. The highest BCUT2D eigenvalue weighted by atomic mass is 16.2. The van der Waals surface area contributed by atoms with E-state index in [0.717, 1.165) is 19.3 Å². The van der Waals surface area contributed by atoms with Crippen molar-refractivity contribution in [1.82, 2.24) is 4.90 Å². The maximum atomic E-state index is 13.1. The maximum Gasteiger partial charge on any atom is 0.233 e. The molecular weight excluding hydrogens is 274 g/mol. The van der Waals surface area contributed by atoms with Crippen molar-refractivity contribution in [2.24, 2.45) is 40.4 Å². The third-order valence-corrected chi connectivity index (χ3v) is 8.56. The Morgan fingerprint density at radius 3 is 2.05 bits per heavy atom. The summed E-state index contributed by atoms with van der Waals surface area (Å²) in [6.45, 7) is 7.02. The fourth-order valence-corrected chi connectivity index (χ4v) is 6.78. The molecule has 5 rings (SSSR count). The van der Waals surface area contributed by atoms with Crippen LogP contribution < -0.4 is 0 Å². The molecule has 1 saturated heterocycles. The molecule has 4 fully saturated rings. The Hall–Kier alpha value is -1.12. The monoisotopic (exact) mass is 299 g/mol. The van der Waals surface area contributed by atoms with Gasteiger partial charge < -0.3 is 0 Å². The first-order chi connectivity index (χ1) is 10.4. The second-order valence-electron chi connectivity index (χ2n) is 9.17. The molecule has 3 nitrogen and oxygen atoms in total. The van der Waals surface area contributed by atoms with E-state index in [1.807, 2.05) is 0 Å². The Balaban J connectivity index is 1.53. The molecule has 3 heteroatoms. The lowest BCUT2D eigenvalue weighted by Crippen LogP contribution is -2.50. The van der Waals surface area contributed by atoms with Crippen LogP contribution in [-0.2, 0) is 9.59 Å². The lowest BCUT2D eigenvalue weighted by molar-refractivity contribution is -0.147. The molecule has 7 atom stereocenters. The first-order valence-electron chi connectivity index (χ1n) is 8.91. The maximum absolute atomic E-state index is 13.1. The van der Waals surface area contributed by atoms with Gasteiger partial charge in [-0.25, -0.2) is 0 Å². The zero-order valence-electron chi connectivity index (χ0n) is 13.7. The first kappa shape index (κ1) is 13.3. The number of rotatable bonds is 1. The van der Waals surface area contributed by atoms with Crippen LogP contribution >= 0.6 is 0 Å². The predicted molar refractivity (Wildman–Crippen MR) is 82.6 cm³/mol. The molecule has 0 radical (unpaired) electrons. The average Bonchev–Trinajstić information content (AvgIpc) is 3.20. The molecule has 0 aromatic rings. The van der Waals surface area contributed by atoms with Gasteiger partial charge in [0, 0.05) is 6.04 Å². The number of hydrogen-bond donors (Lipinski definition) is 0. The second kappa shape index (κ2) is 3.68. The average molecular weight is 299 g/mol. The Labute approximate surface area is 132 Å². The van der Waals surface area contributed by atoms with Gasteiger partial charge in [-0.05, 0) is 54.3 Å². The van der Waals surface area contributed by atoms with Crippen molar-refractivity contribution in [2.45, 2.75) is 52.5 Å². The van der Waals surface area contributed by atoms with Gasteiger partial charge in [-0.1, -0.05) is 32.9 Å². The molecule has 3 saturated carbocycles. The minimum atomic E-state index is -0.0339. The Morgan fingerprint density at radius 1 is 1.00 bits per heavy atom. The molecule has 2 amide bonds. The lowest BCUT2D eigenvalue weighted by Gasteiger charge is -2.42. The number of fused-ring (bicyclic) bond motifs is 7. The minimum Gasteiger partial charge on any atom is -0.278 e. The van der Waals surface area contributed by atoms with E-state index in [1.165, 1.54) is 6.42 Å². The van der Waals surface area contributed by atoms with Crippen molar-refractivity contribution in [3.05, 3.63) is 12.2 Å². The predicted octanol–water partition coefficient (Wildman–Crippen LogP) is 3.01. The van der Waals surface area contributed by atoms with Gasteiger partial charge in [-0.3, -0.25) is 14.5 Å². The Kier molecular flexibility index (Phi) is 2.23. The van der Waals surface area contributed by atoms with Crippen LogP contribution in [0.4, 0.5) is 0 Å². The fourth-order valence-electron chi connectivity index (χ4n) is 6.78. The summed E-state index contributed by atoms with van der Waals surface area (Å²) in [5.74, 6) is 1.56. The molecule has 5 unspecified atom stereocenters. The Bertz CT molecular complexity index is 591. The van der Waals surface area contributed by atoms with Gasteiger partial charge in [0.05, 0.1) is 11.8 Å². The van der Waals surface area contributed by atoms with Gasteiger partial charge in [0.25, 0.3) is 0 Å². The molecule has 1 aliphatic heterocycles. The van der Waals surface area contributed by atoms with Crippen LogP contribution in [-0.4, -0.2) is 22.8 Å². The summed E-state index contributed by atoms with van der Waals surface area (Å²) in [6.07, 6.45) is 8.85. The van der Waals surface area contributed by atoms with Crippen LogP contribution in [0.5, 0.6) is 0 Å². The summed E-state index contributed by atoms with van der Waals surface area (Å²) >= 11 is 0. The second-order valence-corrected chi connectivity index (χ2v) is 9.17.